The molecule has 2 N–H and O–H groups in total. The lowest BCUT2D eigenvalue weighted by Gasteiger charge is -2.17. The first kappa shape index (κ1) is 19.3. The Bertz CT molecular complexity index is 428. The number of esters is 1. The molecule has 0 aliphatic rings. The van der Waals surface area contributed by atoms with Crippen molar-refractivity contribution < 1.29 is 9.53 Å². The molecule has 0 atom stereocenters. The summed E-state index contributed by atoms with van der Waals surface area (Å²) in [6.45, 7) is 7.01. The van der Waals surface area contributed by atoms with E-state index in [0.29, 0.717) is 18.7 Å². The third kappa shape index (κ3) is 5.37. The first-order valence-electron chi connectivity index (χ1n) is 6.13. The van der Waals surface area contributed by atoms with Gasteiger partial charge in [0.25, 0.3) is 0 Å². The lowest BCUT2D eigenvalue weighted by molar-refractivity contribution is 0.0466. The average Bonchev–Trinajstić information content (AvgIpc) is 2.40. The first-order valence-corrected chi connectivity index (χ1v) is 6.89. The maximum absolute atomic E-state index is 11.8. The monoisotopic (exact) mass is 340 g/mol. The highest BCUT2D eigenvalue weighted by molar-refractivity contribution is 6.39. The number of likely N-dealkylation sites (N-methyl/N-ethyl adjacent to an activating group) is 1. The second-order valence-electron chi connectivity index (χ2n) is 4.02. The molecule has 0 saturated heterocycles. The predicted molar refractivity (Wildman–Crippen MR) is 86.2 cm³/mol. The van der Waals surface area contributed by atoms with Gasteiger partial charge in [0.05, 0.1) is 21.3 Å². The number of ether oxygens (including phenoxy) is 1. The molecule has 0 heterocycles. The fourth-order valence-electron chi connectivity index (χ4n) is 1.59. The van der Waals surface area contributed by atoms with E-state index >= 15 is 0 Å². The van der Waals surface area contributed by atoms with E-state index in [1.54, 1.807) is 0 Å². The SMILES string of the molecule is CCN(CC)CCOC(=O)c1cc(Cl)c(N)c(Cl)c1.Cl. The molecule has 1 aromatic rings. The van der Waals surface area contributed by atoms with Crippen molar-refractivity contribution in [2.75, 3.05) is 32.0 Å². The first-order chi connectivity index (χ1) is 8.99. The number of rotatable bonds is 6. The van der Waals surface area contributed by atoms with Gasteiger partial charge in [0.1, 0.15) is 6.61 Å². The van der Waals surface area contributed by atoms with Crippen LogP contribution in [0.2, 0.25) is 10.0 Å². The number of anilines is 1. The molecule has 0 spiro atoms. The van der Waals surface area contributed by atoms with E-state index in [2.05, 4.69) is 18.7 Å². The Hall–Kier alpha value is -0.680. The van der Waals surface area contributed by atoms with Crippen LogP contribution in [0.1, 0.15) is 24.2 Å². The number of halogens is 3. The van der Waals surface area contributed by atoms with Gasteiger partial charge in [0, 0.05) is 6.54 Å². The zero-order chi connectivity index (χ0) is 14.4. The van der Waals surface area contributed by atoms with Crippen molar-refractivity contribution in [3.63, 3.8) is 0 Å². The third-order valence-corrected chi connectivity index (χ3v) is 3.48. The van der Waals surface area contributed by atoms with Crippen LogP contribution in [0.4, 0.5) is 5.69 Å². The Morgan fingerprint density at radius 2 is 1.75 bits per heavy atom. The Labute approximate surface area is 135 Å². The van der Waals surface area contributed by atoms with E-state index < -0.39 is 5.97 Å². The summed E-state index contributed by atoms with van der Waals surface area (Å²) in [5.41, 5.74) is 6.18. The number of nitrogens with zero attached hydrogens (tertiary/aromatic N) is 1. The summed E-state index contributed by atoms with van der Waals surface area (Å²) in [5, 5.41) is 0.506. The zero-order valence-electron chi connectivity index (χ0n) is 11.5. The number of hydrogen-bond donors (Lipinski definition) is 1. The maximum Gasteiger partial charge on any atom is 0.338 e. The average molecular weight is 342 g/mol. The molecule has 1 rings (SSSR count). The van der Waals surface area contributed by atoms with Crippen LogP contribution >= 0.6 is 35.6 Å². The second kappa shape index (κ2) is 9.29. The summed E-state index contributed by atoms with van der Waals surface area (Å²) in [4.78, 5) is 14.0. The minimum atomic E-state index is -0.448. The summed E-state index contributed by atoms with van der Waals surface area (Å²) < 4.78 is 5.17. The van der Waals surface area contributed by atoms with E-state index in [4.69, 9.17) is 33.7 Å². The summed E-state index contributed by atoms with van der Waals surface area (Å²) >= 11 is 11.7. The summed E-state index contributed by atoms with van der Waals surface area (Å²) in [6, 6.07) is 2.92. The van der Waals surface area contributed by atoms with Crippen molar-refractivity contribution in [1.29, 1.82) is 0 Å². The van der Waals surface area contributed by atoms with Crippen molar-refractivity contribution >= 4 is 47.3 Å². The molecule has 0 radical (unpaired) electrons. The second-order valence-corrected chi connectivity index (χ2v) is 4.83. The van der Waals surface area contributed by atoms with Gasteiger partial charge in [0.2, 0.25) is 0 Å². The molecule has 20 heavy (non-hydrogen) atoms. The predicted octanol–water partition coefficient (Wildman–Crippen LogP) is 3.50. The number of hydrogen-bond acceptors (Lipinski definition) is 4. The Balaban J connectivity index is 0.00000361. The van der Waals surface area contributed by atoms with Gasteiger partial charge in [-0.1, -0.05) is 37.0 Å². The topological polar surface area (TPSA) is 55.6 Å². The summed E-state index contributed by atoms with van der Waals surface area (Å²) in [5.74, 6) is -0.448. The van der Waals surface area contributed by atoms with Crippen LogP contribution in [0.15, 0.2) is 12.1 Å². The molecule has 0 aromatic heterocycles. The molecule has 0 bridgehead atoms. The maximum atomic E-state index is 11.8. The van der Waals surface area contributed by atoms with Gasteiger partial charge in [-0.3, -0.25) is 0 Å². The Morgan fingerprint density at radius 1 is 1.25 bits per heavy atom. The third-order valence-electron chi connectivity index (χ3n) is 2.85. The molecule has 0 saturated carbocycles. The van der Waals surface area contributed by atoms with Crippen molar-refractivity contribution in [3.05, 3.63) is 27.7 Å². The van der Waals surface area contributed by atoms with Crippen LogP contribution in [-0.4, -0.2) is 37.1 Å². The highest BCUT2D eigenvalue weighted by Gasteiger charge is 2.12. The van der Waals surface area contributed by atoms with Gasteiger partial charge in [0.15, 0.2) is 0 Å². The van der Waals surface area contributed by atoms with Gasteiger partial charge in [-0.25, -0.2) is 4.79 Å². The molecular weight excluding hydrogens is 323 g/mol. The van der Waals surface area contributed by atoms with Gasteiger partial charge in [-0.05, 0) is 25.2 Å². The van der Waals surface area contributed by atoms with Crippen molar-refractivity contribution in [2.45, 2.75) is 13.8 Å². The number of nitrogens with two attached hydrogens (primary N) is 1. The fourth-order valence-corrected chi connectivity index (χ4v) is 2.08. The van der Waals surface area contributed by atoms with E-state index in [1.807, 2.05) is 0 Å². The molecule has 7 heteroatoms. The molecule has 0 unspecified atom stereocenters. The van der Waals surface area contributed by atoms with Gasteiger partial charge < -0.3 is 15.4 Å². The smallest absolute Gasteiger partial charge is 0.338 e. The van der Waals surface area contributed by atoms with Gasteiger partial charge >= 0.3 is 5.97 Å². The van der Waals surface area contributed by atoms with Crippen LogP contribution in [0.5, 0.6) is 0 Å². The van der Waals surface area contributed by atoms with E-state index in [-0.39, 0.29) is 28.1 Å². The molecule has 4 nitrogen and oxygen atoms in total. The molecule has 0 amide bonds. The molecule has 114 valence electrons. The largest absolute Gasteiger partial charge is 0.461 e. The zero-order valence-corrected chi connectivity index (χ0v) is 13.8. The van der Waals surface area contributed by atoms with Crippen molar-refractivity contribution in [3.8, 4) is 0 Å². The Kier molecular flexibility index (Phi) is 8.98. The summed E-state index contributed by atoms with van der Waals surface area (Å²) in [6.07, 6.45) is 0. The molecule has 0 fully saturated rings. The van der Waals surface area contributed by atoms with E-state index in [9.17, 15) is 4.79 Å². The van der Waals surface area contributed by atoms with E-state index in [1.165, 1.54) is 12.1 Å². The van der Waals surface area contributed by atoms with Crippen LogP contribution in [-0.2, 0) is 4.74 Å². The quantitative estimate of drug-likeness (QED) is 0.635. The highest BCUT2D eigenvalue weighted by Crippen LogP contribution is 2.29. The van der Waals surface area contributed by atoms with Crippen LogP contribution < -0.4 is 5.73 Å². The highest BCUT2D eigenvalue weighted by atomic mass is 35.5. The number of benzene rings is 1. The van der Waals surface area contributed by atoms with Crippen LogP contribution in [0.25, 0.3) is 0 Å². The minimum Gasteiger partial charge on any atom is -0.461 e. The van der Waals surface area contributed by atoms with Crippen molar-refractivity contribution in [1.82, 2.24) is 4.90 Å². The molecule has 0 aliphatic carbocycles. The number of carbonyl (C=O) groups excluding carboxylic acids is 1. The van der Waals surface area contributed by atoms with Crippen molar-refractivity contribution in [2.24, 2.45) is 0 Å². The van der Waals surface area contributed by atoms with Gasteiger partial charge in [-0.15, -0.1) is 12.4 Å². The molecular formula is C13H19Cl3N2O2. The van der Waals surface area contributed by atoms with Gasteiger partial charge in [-0.2, -0.15) is 0 Å². The fraction of sp³-hybridized carbons (Fsp3) is 0.462. The number of nitrogen functional groups attached to an aromatic ring is 1. The summed E-state index contributed by atoms with van der Waals surface area (Å²) in [7, 11) is 0. The van der Waals surface area contributed by atoms with E-state index in [0.717, 1.165) is 13.1 Å². The molecule has 1 aromatic carbocycles. The number of carbonyl (C=O) groups is 1. The standard InChI is InChI=1S/C13H18Cl2N2O2.ClH/c1-3-17(4-2)5-6-19-13(18)9-7-10(14)12(16)11(15)8-9;/h7-8H,3-6,16H2,1-2H3;1H. The lowest BCUT2D eigenvalue weighted by atomic mass is 10.2. The normalized spacial score (nSPS) is 10.2. The van der Waals surface area contributed by atoms with Crippen LogP contribution in [0, 0.1) is 0 Å². The lowest BCUT2D eigenvalue weighted by Crippen LogP contribution is -2.27. The van der Waals surface area contributed by atoms with Crippen LogP contribution in [0.3, 0.4) is 0 Å². The Morgan fingerprint density at radius 3 is 2.20 bits per heavy atom. The minimum absolute atomic E-state index is 0. The molecule has 0 aliphatic heterocycles.